The Hall–Kier alpha value is -1.13. The topological polar surface area (TPSA) is 38.5 Å². The van der Waals surface area contributed by atoms with Crippen LogP contribution < -0.4 is 10.8 Å². The van der Waals surface area contributed by atoms with Gasteiger partial charge in [0, 0.05) is 19.8 Å². The molecule has 0 unspecified atom stereocenters. The predicted molar refractivity (Wildman–Crippen MR) is 54.6 cm³/mol. The summed E-state index contributed by atoms with van der Waals surface area (Å²) in [5, 5.41) is 0. The van der Waals surface area contributed by atoms with Crippen LogP contribution in [0.25, 0.3) is 0 Å². The number of anilines is 1. The average molecular weight is 198 g/mol. The summed E-state index contributed by atoms with van der Waals surface area (Å²) in [6, 6.07) is 4.70. The molecule has 0 heterocycles. The van der Waals surface area contributed by atoms with Gasteiger partial charge in [0.2, 0.25) is 0 Å². The largest absolute Gasteiger partial charge is 0.377 e. The van der Waals surface area contributed by atoms with Gasteiger partial charge in [0.15, 0.2) is 0 Å². The van der Waals surface area contributed by atoms with E-state index >= 15 is 0 Å². The van der Waals surface area contributed by atoms with Gasteiger partial charge in [0.1, 0.15) is 5.82 Å². The van der Waals surface area contributed by atoms with Crippen molar-refractivity contribution < 1.29 is 9.23 Å². The Balaban J connectivity index is 2.90. The van der Waals surface area contributed by atoms with Crippen molar-refractivity contribution in [3.05, 3.63) is 29.6 Å². The molecule has 14 heavy (non-hydrogen) atoms. The van der Waals surface area contributed by atoms with Gasteiger partial charge >= 0.3 is 0 Å². The Morgan fingerprint density at radius 3 is 2.71 bits per heavy atom. The molecule has 0 fully saturated rings. The number of hydrogen-bond acceptors (Lipinski definition) is 3. The zero-order valence-electron chi connectivity index (χ0n) is 8.46. The molecule has 0 bridgehead atoms. The van der Waals surface area contributed by atoms with Crippen molar-refractivity contribution in [3.8, 4) is 0 Å². The van der Waals surface area contributed by atoms with E-state index in [1.54, 1.807) is 6.07 Å². The molecule has 0 spiro atoms. The lowest BCUT2D eigenvalue weighted by molar-refractivity contribution is 0.141. The molecule has 78 valence electrons. The normalized spacial score (nSPS) is 10.3. The molecule has 0 aliphatic heterocycles. The van der Waals surface area contributed by atoms with E-state index in [-0.39, 0.29) is 5.82 Å². The highest BCUT2D eigenvalue weighted by Gasteiger charge is 2.05. The van der Waals surface area contributed by atoms with Crippen LogP contribution >= 0.6 is 0 Å². The third-order valence-corrected chi connectivity index (χ3v) is 2.02. The van der Waals surface area contributed by atoms with Gasteiger partial charge in [-0.3, -0.25) is 0 Å². The quantitative estimate of drug-likeness (QED) is 0.742. The minimum atomic E-state index is -0.230. The molecule has 0 amide bonds. The molecule has 0 aliphatic carbocycles. The molecule has 0 saturated heterocycles. The Morgan fingerprint density at radius 2 is 2.14 bits per heavy atom. The standard InChI is InChI=1S/C10H15FN2O/c1-13(2)10-7-9(11)4-3-8(10)5-6-14-12/h3-4,7H,5-6,12H2,1-2H3. The fourth-order valence-electron chi connectivity index (χ4n) is 1.33. The van der Waals surface area contributed by atoms with E-state index in [2.05, 4.69) is 4.84 Å². The third-order valence-electron chi connectivity index (χ3n) is 2.02. The predicted octanol–water partition coefficient (Wildman–Crippen LogP) is 1.32. The Bertz CT molecular complexity index is 302. The van der Waals surface area contributed by atoms with Gasteiger partial charge in [-0.25, -0.2) is 10.3 Å². The number of halogens is 1. The SMILES string of the molecule is CN(C)c1cc(F)ccc1CCON. The first-order valence-electron chi connectivity index (χ1n) is 4.42. The van der Waals surface area contributed by atoms with E-state index < -0.39 is 0 Å². The first kappa shape index (κ1) is 10.9. The maximum atomic E-state index is 12.9. The van der Waals surface area contributed by atoms with Crippen LogP contribution in [0.1, 0.15) is 5.56 Å². The lowest BCUT2D eigenvalue weighted by atomic mass is 10.1. The lowest BCUT2D eigenvalue weighted by Gasteiger charge is -2.17. The number of nitrogens with two attached hydrogens (primary N) is 1. The van der Waals surface area contributed by atoms with Gasteiger partial charge in [0.25, 0.3) is 0 Å². The highest BCUT2D eigenvalue weighted by atomic mass is 19.1. The van der Waals surface area contributed by atoms with E-state index in [1.165, 1.54) is 12.1 Å². The molecule has 4 heteroatoms. The second-order valence-electron chi connectivity index (χ2n) is 3.29. The zero-order chi connectivity index (χ0) is 10.6. The average Bonchev–Trinajstić information content (AvgIpc) is 2.15. The summed E-state index contributed by atoms with van der Waals surface area (Å²) in [4.78, 5) is 6.37. The molecule has 0 saturated carbocycles. The molecule has 0 aliphatic rings. The fraction of sp³-hybridized carbons (Fsp3) is 0.400. The van der Waals surface area contributed by atoms with Crippen molar-refractivity contribution in [2.45, 2.75) is 6.42 Å². The summed E-state index contributed by atoms with van der Waals surface area (Å²) in [5.41, 5.74) is 1.89. The molecule has 3 nitrogen and oxygen atoms in total. The van der Waals surface area contributed by atoms with Gasteiger partial charge in [-0.05, 0) is 24.1 Å². The first-order chi connectivity index (χ1) is 6.65. The summed E-state index contributed by atoms with van der Waals surface area (Å²) in [6.07, 6.45) is 0.685. The van der Waals surface area contributed by atoms with E-state index in [9.17, 15) is 4.39 Å². The second-order valence-corrected chi connectivity index (χ2v) is 3.29. The maximum absolute atomic E-state index is 12.9. The van der Waals surface area contributed by atoms with E-state index in [4.69, 9.17) is 5.90 Å². The van der Waals surface area contributed by atoms with E-state index in [1.807, 2.05) is 19.0 Å². The zero-order valence-corrected chi connectivity index (χ0v) is 8.46. The van der Waals surface area contributed by atoms with E-state index in [0.717, 1.165) is 11.3 Å². The summed E-state index contributed by atoms with van der Waals surface area (Å²) in [6.45, 7) is 0.437. The molecule has 0 aromatic heterocycles. The number of benzene rings is 1. The van der Waals surface area contributed by atoms with Crippen LogP contribution in [0, 0.1) is 5.82 Å². The highest BCUT2D eigenvalue weighted by molar-refractivity contribution is 5.52. The molecule has 1 rings (SSSR count). The third kappa shape index (κ3) is 2.68. The Labute approximate surface area is 83.2 Å². The van der Waals surface area contributed by atoms with Crippen LogP contribution in [0.3, 0.4) is 0 Å². The summed E-state index contributed by atoms with van der Waals surface area (Å²) < 4.78 is 12.9. The van der Waals surface area contributed by atoms with Crippen molar-refractivity contribution >= 4 is 5.69 Å². The van der Waals surface area contributed by atoms with Crippen LogP contribution in [0.15, 0.2) is 18.2 Å². The smallest absolute Gasteiger partial charge is 0.125 e. The Kier molecular flexibility index (Phi) is 3.85. The number of rotatable bonds is 4. The maximum Gasteiger partial charge on any atom is 0.125 e. The van der Waals surface area contributed by atoms with Crippen LogP contribution in [0.4, 0.5) is 10.1 Å². The van der Waals surface area contributed by atoms with Crippen molar-refractivity contribution in [1.82, 2.24) is 0 Å². The second kappa shape index (κ2) is 4.93. The highest BCUT2D eigenvalue weighted by Crippen LogP contribution is 2.20. The monoisotopic (exact) mass is 198 g/mol. The number of nitrogens with zero attached hydrogens (tertiary/aromatic N) is 1. The van der Waals surface area contributed by atoms with Crippen LogP contribution in [0.2, 0.25) is 0 Å². The van der Waals surface area contributed by atoms with Gasteiger partial charge in [-0.15, -0.1) is 0 Å². The van der Waals surface area contributed by atoms with Crippen molar-refractivity contribution in [1.29, 1.82) is 0 Å². The molecule has 0 radical (unpaired) electrons. The van der Waals surface area contributed by atoms with Gasteiger partial charge in [0.05, 0.1) is 6.61 Å². The summed E-state index contributed by atoms with van der Waals surface area (Å²) in [7, 11) is 3.75. The lowest BCUT2D eigenvalue weighted by Crippen LogP contribution is -2.13. The van der Waals surface area contributed by atoms with Gasteiger partial charge in [-0.2, -0.15) is 0 Å². The van der Waals surface area contributed by atoms with Crippen molar-refractivity contribution in [2.75, 3.05) is 25.6 Å². The number of hydrogen-bond donors (Lipinski definition) is 1. The van der Waals surface area contributed by atoms with Crippen LogP contribution in [-0.2, 0) is 11.3 Å². The Morgan fingerprint density at radius 1 is 1.43 bits per heavy atom. The molecule has 1 aromatic rings. The molecular weight excluding hydrogens is 183 g/mol. The fourth-order valence-corrected chi connectivity index (χ4v) is 1.33. The van der Waals surface area contributed by atoms with Crippen molar-refractivity contribution in [3.63, 3.8) is 0 Å². The van der Waals surface area contributed by atoms with Crippen LogP contribution in [-0.4, -0.2) is 20.7 Å². The minimum absolute atomic E-state index is 0.230. The summed E-state index contributed by atoms with van der Waals surface area (Å²) in [5.74, 6) is 4.71. The summed E-state index contributed by atoms with van der Waals surface area (Å²) >= 11 is 0. The van der Waals surface area contributed by atoms with Gasteiger partial charge in [-0.1, -0.05) is 6.07 Å². The first-order valence-corrected chi connectivity index (χ1v) is 4.42. The molecule has 1 aromatic carbocycles. The van der Waals surface area contributed by atoms with Crippen LogP contribution in [0.5, 0.6) is 0 Å². The van der Waals surface area contributed by atoms with Crippen molar-refractivity contribution in [2.24, 2.45) is 5.90 Å². The molecule has 0 atom stereocenters. The minimum Gasteiger partial charge on any atom is -0.377 e. The van der Waals surface area contributed by atoms with E-state index in [0.29, 0.717) is 13.0 Å². The van der Waals surface area contributed by atoms with Gasteiger partial charge < -0.3 is 9.74 Å². The molecule has 2 N–H and O–H groups in total. The molecular formula is C10H15FN2O.